The second-order valence-electron chi connectivity index (χ2n) is 7.59. The molecule has 1 aliphatic heterocycles. The van der Waals surface area contributed by atoms with Crippen LogP contribution in [0.3, 0.4) is 0 Å². The Labute approximate surface area is 174 Å². The molecule has 0 bridgehead atoms. The molecule has 0 spiro atoms. The number of aromatic nitrogens is 2. The van der Waals surface area contributed by atoms with Gasteiger partial charge < -0.3 is 14.6 Å². The molecule has 1 amide bonds. The molecule has 1 aliphatic carbocycles. The van der Waals surface area contributed by atoms with Gasteiger partial charge in [-0.25, -0.2) is 13.4 Å². The number of nitrogens with zero attached hydrogens (tertiary/aromatic N) is 3. The molecule has 3 heterocycles. The van der Waals surface area contributed by atoms with Crippen LogP contribution in [-0.2, 0) is 10.0 Å². The van der Waals surface area contributed by atoms with E-state index in [1.807, 2.05) is 0 Å². The Balaban J connectivity index is 1.32. The molecule has 1 N–H and O–H groups in total. The fourth-order valence-corrected chi connectivity index (χ4v) is 5.05. The van der Waals surface area contributed by atoms with Crippen molar-refractivity contribution < 1.29 is 17.9 Å². The zero-order chi connectivity index (χ0) is 21.3. The Morgan fingerprint density at radius 3 is 2.53 bits per heavy atom. The smallest absolute Gasteiger partial charge is 0.260 e. The second-order valence-corrected chi connectivity index (χ2v) is 9.83. The van der Waals surface area contributed by atoms with E-state index in [0.29, 0.717) is 50.3 Å². The molecule has 0 radical (unpaired) electrons. The molecule has 160 valence electrons. The molecular weight excluding hydrogens is 408 g/mol. The molecule has 10 heteroatoms. The van der Waals surface area contributed by atoms with Gasteiger partial charge in [0.1, 0.15) is 11.7 Å². The maximum Gasteiger partial charge on any atom is 0.260 e. The summed E-state index contributed by atoms with van der Waals surface area (Å²) in [6, 6.07) is 6.50. The molecular formula is C20H24N4O5S. The SMILES string of the molecule is CN(c1ccc(OC2CCN(C(=O)c3ccc[nH]c3=O)CC2)nc1)S(=O)(=O)C1CC1. The first-order valence-corrected chi connectivity index (χ1v) is 11.4. The van der Waals surface area contributed by atoms with Crippen molar-refractivity contribution in [2.75, 3.05) is 24.4 Å². The van der Waals surface area contributed by atoms with Gasteiger partial charge in [0.15, 0.2) is 0 Å². The summed E-state index contributed by atoms with van der Waals surface area (Å²) in [5.74, 6) is 0.137. The molecule has 0 atom stereocenters. The van der Waals surface area contributed by atoms with Crippen molar-refractivity contribution in [2.45, 2.75) is 37.0 Å². The summed E-state index contributed by atoms with van der Waals surface area (Å²) in [6.07, 6.45) is 5.55. The minimum atomic E-state index is -3.31. The second kappa shape index (κ2) is 8.10. The lowest BCUT2D eigenvalue weighted by atomic mass is 10.1. The number of nitrogens with one attached hydrogen (secondary N) is 1. The zero-order valence-electron chi connectivity index (χ0n) is 16.7. The maximum atomic E-state index is 12.5. The topological polar surface area (TPSA) is 113 Å². The van der Waals surface area contributed by atoms with Crippen LogP contribution < -0.4 is 14.6 Å². The van der Waals surface area contributed by atoms with Crippen LogP contribution in [0.5, 0.6) is 5.88 Å². The highest BCUT2D eigenvalue weighted by molar-refractivity contribution is 7.93. The number of aromatic amines is 1. The molecule has 0 unspecified atom stereocenters. The molecule has 2 aromatic rings. The van der Waals surface area contributed by atoms with E-state index < -0.39 is 10.0 Å². The highest BCUT2D eigenvalue weighted by Crippen LogP contribution is 2.32. The first-order chi connectivity index (χ1) is 14.4. The predicted octanol–water partition coefficient (Wildman–Crippen LogP) is 1.38. The number of sulfonamides is 1. The number of pyridine rings is 2. The monoisotopic (exact) mass is 432 g/mol. The number of hydrogen-bond donors (Lipinski definition) is 1. The van der Waals surface area contributed by atoms with Crippen LogP contribution in [0.2, 0.25) is 0 Å². The lowest BCUT2D eigenvalue weighted by molar-refractivity contribution is 0.0586. The Morgan fingerprint density at radius 1 is 1.20 bits per heavy atom. The lowest BCUT2D eigenvalue weighted by Gasteiger charge is -2.31. The number of ether oxygens (including phenoxy) is 1. The van der Waals surface area contributed by atoms with Gasteiger partial charge in [0.05, 0.1) is 17.1 Å². The highest BCUT2D eigenvalue weighted by Gasteiger charge is 2.39. The van der Waals surface area contributed by atoms with Crippen LogP contribution in [-0.4, -0.2) is 60.7 Å². The fraction of sp³-hybridized carbons (Fsp3) is 0.450. The van der Waals surface area contributed by atoms with Crippen LogP contribution >= 0.6 is 0 Å². The number of carbonyl (C=O) groups is 1. The molecule has 9 nitrogen and oxygen atoms in total. The van der Waals surface area contributed by atoms with Gasteiger partial charge in [0.25, 0.3) is 11.5 Å². The third-order valence-corrected chi connectivity index (χ3v) is 7.77. The number of amides is 1. The molecule has 2 aromatic heterocycles. The van der Waals surface area contributed by atoms with E-state index in [1.54, 1.807) is 23.1 Å². The summed E-state index contributed by atoms with van der Waals surface area (Å²) in [5.41, 5.74) is 0.251. The van der Waals surface area contributed by atoms with Crippen molar-refractivity contribution in [1.29, 1.82) is 0 Å². The Kier molecular flexibility index (Phi) is 5.50. The van der Waals surface area contributed by atoms with Gasteiger partial charge in [-0.15, -0.1) is 0 Å². The average molecular weight is 433 g/mol. The van der Waals surface area contributed by atoms with Crippen LogP contribution in [0.1, 0.15) is 36.0 Å². The van der Waals surface area contributed by atoms with Crippen LogP contribution in [0.4, 0.5) is 5.69 Å². The predicted molar refractivity (Wildman–Crippen MR) is 111 cm³/mol. The highest BCUT2D eigenvalue weighted by atomic mass is 32.2. The summed E-state index contributed by atoms with van der Waals surface area (Å²) >= 11 is 0. The maximum absolute atomic E-state index is 12.5. The first kappa shape index (κ1) is 20.4. The third-order valence-electron chi connectivity index (χ3n) is 5.48. The third kappa shape index (κ3) is 4.18. The Hall–Kier alpha value is -2.88. The number of rotatable bonds is 6. The van der Waals surface area contributed by atoms with Crippen molar-refractivity contribution in [3.05, 3.63) is 52.6 Å². The minimum absolute atomic E-state index is 0.102. The number of piperidine rings is 1. The van der Waals surface area contributed by atoms with E-state index in [-0.39, 0.29) is 28.4 Å². The molecule has 1 saturated carbocycles. The van der Waals surface area contributed by atoms with Crippen molar-refractivity contribution in [3.8, 4) is 5.88 Å². The van der Waals surface area contributed by atoms with E-state index in [0.717, 1.165) is 0 Å². The number of hydrogen-bond acceptors (Lipinski definition) is 6. The summed E-state index contributed by atoms with van der Waals surface area (Å²) in [7, 11) is -1.77. The molecule has 1 saturated heterocycles. The molecule has 2 fully saturated rings. The zero-order valence-corrected chi connectivity index (χ0v) is 17.5. The van der Waals surface area contributed by atoms with E-state index in [2.05, 4.69) is 9.97 Å². The number of anilines is 1. The number of H-pyrrole nitrogens is 1. The fourth-order valence-electron chi connectivity index (χ4n) is 3.47. The molecule has 2 aliphatic rings. The summed E-state index contributed by atoms with van der Waals surface area (Å²) in [4.78, 5) is 32.7. The van der Waals surface area contributed by atoms with Crippen LogP contribution in [0, 0.1) is 0 Å². The van der Waals surface area contributed by atoms with E-state index >= 15 is 0 Å². The largest absolute Gasteiger partial charge is 0.474 e. The van der Waals surface area contributed by atoms with Gasteiger partial charge in [-0.1, -0.05) is 0 Å². The van der Waals surface area contributed by atoms with Crippen molar-refractivity contribution >= 4 is 21.6 Å². The summed E-state index contributed by atoms with van der Waals surface area (Å²) in [6.45, 7) is 0.969. The number of carbonyl (C=O) groups excluding carboxylic acids is 1. The van der Waals surface area contributed by atoms with Gasteiger partial charge in [-0.2, -0.15) is 0 Å². The van der Waals surface area contributed by atoms with Crippen LogP contribution in [0.25, 0.3) is 0 Å². The van der Waals surface area contributed by atoms with E-state index in [4.69, 9.17) is 4.74 Å². The summed E-state index contributed by atoms with van der Waals surface area (Å²) < 4.78 is 31.8. The molecule has 4 rings (SSSR count). The van der Waals surface area contributed by atoms with Gasteiger partial charge in [0.2, 0.25) is 15.9 Å². The van der Waals surface area contributed by atoms with Crippen molar-refractivity contribution in [2.24, 2.45) is 0 Å². The van der Waals surface area contributed by atoms with Gasteiger partial charge >= 0.3 is 0 Å². The molecule has 0 aromatic carbocycles. The quantitative estimate of drug-likeness (QED) is 0.738. The number of likely N-dealkylation sites (tertiary alicyclic amines) is 1. The Morgan fingerprint density at radius 2 is 1.93 bits per heavy atom. The lowest BCUT2D eigenvalue weighted by Crippen LogP contribution is -2.43. The van der Waals surface area contributed by atoms with Crippen LogP contribution in [0.15, 0.2) is 41.5 Å². The van der Waals surface area contributed by atoms with E-state index in [9.17, 15) is 18.0 Å². The summed E-state index contributed by atoms with van der Waals surface area (Å²) in [5, 5.41) is -0.280. The van der Waals surface area contributed by atoms with Crippen molar-refractivity contribution in [1.82, 2.24) is 14.9 Å². The molecule has 30 heavy (non-hydrogen) atoms. The Bertz CT molecular complexity index is 1070. The van der Waals surface area contributed by atoms with Gasteiger partial charge in [-0.05, 0) is 31.0 Å². The minimum Gasteiger partial charge on any atom is -0.474 e. The van der Waals surface area contributed by atoms with Gasteiger partial charge in [0, 0.05) is 45.2 Å². The average Bonchev–Trinajstić information content (AvgIpc) is 3.60. The van der Waals surface area contributed by atoms with Gasteiger partial charge in [-0.3, -0.25) is 13.9 Å². The van der Waals surface area contributed by atoms with E-state index in [1.165, 1.54) is 29.8 Å². The standard InChI is InChI=1S/C20H24N4O5S/c1-23(30(27,28)16-5-6-16)14-4-7-18(22-13-14)29-15-8-11-24(12-9-15)20(26)17-3-2-10-21-19(17)25/h2-4,7,10,13,15-16H,5-6,8-9,11-12H2,1H3,(H,21,25). The first-order valence-electron chi connectivity index (χ1n) is 9.93. The normalized spacial score (nSPS) is 17.6. The van der Waals surface area contributed by atoms with Crippen molar-refractivity contribution in [3.63, 3.8) is 0 Å².